The molecule has 184 valence electrons. The second-order valence-electron chi connectivity index (χ2n) is 9.12. The third-order valence-corrected chi connectivity index (χ3v) is 6.32. The number of rotatable bonds is 7. The fourth-order valence-corrected chi connectivity index (χ4v) is 4.17. The van der Waals surface area contributed by atoms with Gasteiger partial charge < -0.3 is 19.9 Å². The molecule has 0 saturated heterocycles. The fourth-order valence-electron chi connectivity index (χ4n) is 4.17. The molecule has 0 amide bonds. The van der Waals surface area contributed by atoms with Gasteiger partial charge in [0, 0.05) is 11.6 Å². The lowest BCUT2D eigenvalue weighted by Crippen LogP contribution is -2.28. The van der Waals surface area contributed by atoms with E-state index in [1.165, 1.54) is 11.1 Å². The predicted molar refractivity (Wildman–Crippen MR) is 138 cm³/mol. The van der Waals surface area contributed by atoms with Gasteiger partial charge in [-0.2, -0.15) is 5.26 Å². The Bertz CT molecular complexity index is 1320. The van der Waals surface area contributed by atoms with Crippen molar-refractivity contribution in [2.75, 3.05) is 0 Å². The maximum atomic E-state index is 12.7. The molecule has 36 heavy (non-hydrogen) atoms. The molecule has 0 radical (unpaired) electrons. The normalized spacial score (nSPS) is 15.5. The third-order valence-electron chi connectivity index (χ3n) is 6.32. The van der Waals surface area contributed by atoms with Gasteiger partial charge in [0.25, 0.3) is 0 Å². The first kappa shape index (κ1) is 24.9. The Balaban J connectivity index is 1.54. The van der Waals surface area contributed by atoms with E-state index >= 15 is 0 Å². The number of carbonyl (C=O) groups is 1. The number of fused-ring (bicyclic) bond motifs is 1. The van der Waals surface area contributed by atoms with Crippen molar-refractivity contribution in [2.45, 2.75) is 52.1 Å². The maximum absolute atomic E-state index is 12.7. The number of hydrogen-bond donors (Lipinski definition) is 1. The van der Waals surface area contributed by atoms with Gasteiger partial charge in [0.05, 0.1) is 5.92 Å². The maximum Gasteiger partial charge on any atom is 0.352 e. The monoisotopic (exact) mass is 482 g/mol. The van der Waals surface area contributed by atoms with Crippen molar-refractivity contribution in [3.8, 4) is 23.3 Å². The van der Waals surface area contributed by atoms with Crippen LogP contribution in [0.5, 0.6) is 17.2 Å². The summed E-state index contributed by atoms with van der Waals surface area (Å²) in [6.45, 7) is 7.98. The van der Waals surface area contributed by atoms with Gasteiger partial charge in [0.1, 0.15) is 28.9 Å². The molecule has 0 fully saturated rings. The van der Waals surface area contributed by atoms with Crippen molar-refractivity contribution >= 4 is 5.97 Å². The molecule has 2 N–H and O–H groups in total. The van der Waals surface area contributed by atoms with Crippen molar-refractivity contribution in [1.82, 2.24) is 0 Å². The van der Waals surface area contributed by atoms with Crippen LogP contribution in [-0.4, -0.2) is 12.1 Å². The van der Waals surface area contributed by atoms with Crippen molar-refractivity contribution in [3.05, 3.63) is 100 Å². The van der Waals surface area contributed by atoms with Gasteiger partial charge in [-0.15, -0.1) is 0 Å². The summed E-state index contributed by atoms with van der Waals surface area (Å²) in [6.07, 6.45) is 0.120. The van der Waals surface area contributed by atoms with Gasteiger partial charge >= 0.3 is 5.97 Å². The zero-order chi connectivity index (χ0) is 25.8. The highest BCUT2D eigenvalue weighted by molar-refractivity contribution is 5.77. The summed E-state index contributed by atoms with van der Waals surface area (Å²) in [5, 5.41) is 9.80. The Labute approximate surface area is 211 Å². The molecular weight excluding hydrogens is 452 g/mol. The van der Waals surface area contributed by atoms with Crippen LogP contribution < -0.4 is 19.9 Å². The first-order valence-corrected chi connectivity index (χ1v) is 12.1. The van der Waals surface area contributed by atoms with Crippen LogP contribution in [0.1, 0.15) is 61.8 Å². The molecule has 0 bridgehead atoms. The number of esters is 1. The first-order chi connectivity index (χ1) is 17.3. The highest BCUT2D eigenvalue weighted by Crippen LogP contribution is 2.43. The van der Waals surface area contributed by atoms with E-state index in [1.807, 2.05) is 36.4 Å². The standard InChI is InChI=1S/C30H30N2O4/c1-5-20-6-12-23(13-7-20)34-19(4)30(33)35-24-14-15-25-27(16-24)36-29(32)26(17-31)28(25)22-10-8-21(9-11-22)18(2)3/h6-16,18-19,28H,5,32H2,1-4H3. The van der Waals surface area contributed by atoms with E-state index in [0.717, 1.165) is 17.5 Å². The Hall–Kier alpha value is -4.24. The van der Waals surface area contributed by atoms with Crippen LogP contribution in [0.15, 0.2) is 78.2 Å². The van der Waals surface area contributed by atoms with E-state index in [2.05, 4.69) is 39.0 Å². The van der Waals surface area contributed by atoms with Crippen LogP contribution >= 0.6 is 0 Å². The zero-order valence-electron chi connectivity index (χ0n) is 20.9. The summed E-state index contributed by atoms with van der Waals surface area (Å²) in [7, 11) is 0. The molecule has 0 saturated carbocycles. The van der Waals surface area contributed by atoms with Gasteiger partial charge in [-0.05, 0) is 54.2 Å². The van der Waals surface area contributed by atoms with E-state index in [-0.39, 0.29) is 11.8 Å². The molecule has 0 spiro atoms. The van der Waals surface area contributed by atoms with Crippen LogP contribution in [0.25, 0.3) is 0 Å². The van der Waals surface area contributed by atoms with Crippen molar-refractivity contribution in [2.24, 2.45) is 5.73 Å². The van der Waals surface area contributed by atoms with Gasteiger partial charge in [0.2, 0.25) is 5.88 Å². The molecule has 0 aromatic heterocycles. The Morgan fingerprint density at radius 1 is 1.03 bits per heavy atom. The number of allylic oxidation sites excluding steroid dienone is 1. The van der Waals surface area contributed by atoms with E-state index < -0.39 is 12.1 Å². The molecule has 1 heterocycles. The topological polar surface area (TPSA) is 94.6 Å². The van der Waals surface area contributed by atoms with Gasteiger partial charge in [0.15, 0.2) is 6.10 Å². The van der Waals surface area contributed by atoms with Crippen LogP contribution in [0.4, 0.5) is 0 Å². The predicted octanol–water partition coefficient (Wildman–Crippen LogP) is 5.96. The van der Waals surface area contributed by atoms with Gasteiger partial charge in [-0.3, -0.25) is 0 Å². The summed E-state index contributed by atoms with van der Waals surface area (Å²) in [5.74, 6) is 0.871. The lowest BCUT2D eigenvalue weighted by Gasteiger charge is -2.27. The second-order valence-corrected chi connectivity index (χ2v) is 9.12. The molecule has 1 aliphatic heterocycles. The molecule has 0 aliphatic carbocycles. The fraction of sp³-hybridized carbons (Fsp3) is 0.267. The smallest absolute Gasteiger partial charge is 0.352 e. The third kappa shape index (κ3) is 5.21. The van der Waals surface area contributed by atoms with E-state index in [4.69, 9.17) is 19.9 Å². The van der Waals surface area contributed by atoms with Crippen LogP contribution in [0, 0.1) is 11.3 Å². The van der Waals surface area contributed by atoms with Gasteiger partial charge in [-0.1, -0.05) is 63.2 Å². The number of ether oxygens (including phenoxy) is 3. The molecule has 6 heteroatoms. The SMILES string of the molecule is CCc1ccc(OC(C)C(=O)Oc2ccc3c(c2)OC(N)=C(C#N)C3c2ccc(C(C)C)cc2)cc1. The quantitative estimate of drug-likeness (QED) is 0.330. The molecule has 6 nitrogen and oxygen atoms in total. The Morgan fingerprint density at radius 2 is 1.69 bits per heavy atom. The van der Waals surface area contributed by atoms with Crippen molar-refractivity contribution in [3.63, 3.8) is 0 Å². The van der Waals surface area contributed by atoms with E-state index in [9.17, 15) is 10.1 Å². The minimum Gasteiger partial charge on any atom is -0.479 e. The first-order valence-electron chi connectivity index (χ1n) is 12.1. The van der Waals surface area contributed by atoms with Crippen LogP contribution in [0.2, 0.25) is 0 Å². The molecule has 1 aliphatic rings. The molecule has 2 atom stereocenters. The Kier molecular flexibility index (Phi) is 7.30. The Morgan fingerprint density at radius 3 is 2.31 bits per heavy atom. The van der Waals surface area contributed by atoms with Gasteiger partial charge in [-0.25, -0.2) is 4.79 Å². The lowest BCUT2D eigenvalue weighted by molar-refractivity contribution is -0.141. The number of hydrogen-bond acceptors (Lipinski definition) is 6. The van der Waals surface area contributed by atoms with E-state index in [0.29, 0.717) is 28.7 Å². The molecule has 2 unspecified atom stereocenters. The van der Waals surface area contributed by atoms with Crippen LogP contribution in [0.3, 0.4) is 0 Å². The van der Waals surface area contributed by atoms with Crippen molar-refractivity contribution in [1.29, 1.82) is 5.26 Å². The minimum absolute atomic E-state index is 0.0404. The van der Waals surface area contributed by atoms with E-state index in [1.54, 1.807) is 25.1 Å². The highest BCUT2D eigenvalue weighted by Gasteiger charge is 2.31. The zero-order valence-corrected chi connectivity index (χ0v) is 20.9. The van der Waals surface area contributed by atoms with Crippen molar-refractivity contribution < 1.29 is 19.0 Å². The molecule has 4 rings (SSSR count). The lowest BCUT2D eigenvalue weighted by atomic mass is 9.83. The summed E-state index contributed by atoms with van der Waals surface area (Å²) in [4.78, 5) is 12.7. The number of nitriles is 1. The second kappa shape index (κ2) is 10.6. The summed E-state index contributed by atoms with van der Waals surface area (Å²) >= 11 is 0. The number of nitrogens with zero attached hydrogens (tertiary/aromatic N) is 1. The molecule has 3 aromatic rings. The number of aryl methyl sites for hydroxylation is 1. The summed E-state index contributed by atoms with van der Waals surface area (Å²) < 4.78 is 17.1. The largest absolute Gasteiger partial charge is 0.479 e. The van der Waals surface area contributed by atoms with Crippen LogP contribution in [-0.2, 0) is 11.2 Å². The molecule has 3 aromatic carbocycles. The number of carbonyl (C=O) groups excluding carboxylic acids is 1. The summed E-state index contributed by atoms with van der Waals surface area (Å²) in [6, 6.07) is 23.1. The highest BCUT2D eigenvalue weighted by atomic mass is 16.6. The number of nitrogens with two attached hydrogens (primary N) is 1. The molecular formula is C30H30N2O4. The summed E-state index contributed by atoms with van der Waals surface area (Å²) in [5.41, 5.74) is 10.6. The number of benzene rings is 3. The minimum atomic E-state index is -0.809. The average molecular weight is 483 g/mol. The average Bonchev–Trinajstić information content (AvgIpc) is 2.88.